The van der Waals surface area contributed by atoms with Crippen molar-refractivity contribution in [2.75, 3.05) is 11.4 Å². The standard InChI is InChI=1S/C17H13ClN4O2S/c1-10-8-22(14-6-11(18)2-3-15(14)24-10)17(23)13-9-25-16(21-13)12-7-19-4-5-20-12/h2-7,9-10H,8H2,1H3. The number of rotatable bonds is 2. The lowest BCUT2D eigenvalue weighted by atomic mass is 10.2. The number of carbonyl (C=O) groups is 1. The van der Waals surface area contributed by atoms with E-state index in [0.717, 1.165) is 0 Å². The van der Waals surface area contributed by atoms with E-state index in [1.54, 1.807) is 47.1 Å². The molecular formula is C17H13ClN4O2S. The predicted molar refractivity (Wildman–Crippen MR) is 96.4 cm³/mol. The van der Waals surface area contributed by atoms with Crippen molar-refractivity contribution < 1.29 is 9.53 Å². The zero-order valence-corrected chi connectivity index (χ0v) is 14.8. The van der Waals surface area contributed by atoms with Crippen molar-refractivity contribution in [2.45, 2.75) is 13.0 Å². The molecule has 25 heavy (non-hydrogen) atoms. The van der Waals surface area contributed by atoms with E-state index in [0.29, 0.717) is 39.4 Å². The molecule has 8 heteroatoms. The Kier molecular flexibility index (Phi) is 4.10. The summed E-state index contributed by atoms with van der Waals surface area (Å²) in [6.45, 7) is 2.36. The van der Waals surface area contributed by atoms with Crippen LogP contribution in [0.15, 0.2) is 42.2 Å². The number of amides is 1. The second-order valence-corrected chi connectivity index (χ2v) is 6.88. The largest absolute Gasteiger partial charge is 0.487 e. The van der Waals surface area contributed by atoms with Gasteiger partial charge in [0, 0.05) is 22.8 Å². The zero-order valence-electron chi connectivity index (χ0n) is 13.2. The van der Waals surface area contributed by atoms with Crippen LogP contribution >= 0.6 is 22.9 Å². The lowest BCUT2D eigenvalue weighted by Crippen LogP contribution is -2.42. The number of benzene rings is 1. The number of ether oxygens (including phenoxy) is 1. The molecule has 126 valence electrons. The second-order valence-electron chi connectivity index (χ2n) is 5.58. The Morgan fingerprint density at radius 2 is 2.28 bits per heavy atom. The fourth-order valence-electron chi connectivity index (χ4n) is 2.64. The normalized spacial score (nSPS) is 16.2. The molecule has 0 spiro atoms. The average molecular weight is 373 g/mol. The van der Waals surface area contributed by atoms with Crippen molar-refractivity contribution in [2.24, 2.45) is 0 Å². The van der Waals surface area contributed by atoms with E-state index in [9.17, 15) is 4.79 Å². The van der Waals surface area contributed by atoms with Crippen molar-refractivity contribution in [3.05, 3.63) is 52.9 Å². The minimum Gasteiger partial charge on any atom is -0.487 e. The Labute approximate surface area is 153 Å². The van der Waals surface area contributed by atoms with Gasteiger partial charge >= 0.3 is 0 Å². The molecule has 4 rings (SSSR count). The molecule has 1 aliphatic heterocycles. The maximum Gasteiger partial charge on any atom is 0.278 e. The van der Waals surface area contributed by atoms with E-state index >= 15 is 0 Å². The van der Waals surface area contributed by atoms with Crippen molar-refractivity contribution >= 4 is 34.5 Å². The maximum atomic E-state index is 13.0. The molecule has 1 amide bonds. The van der Waals surface area contributed by atoms with Crippen molar-refractivity contribution in [3.63, 3.8) is 0 Å². The molecule has 0 saturated heterocycles. The summed E-state index contributed by atoms with van der Waals surface area (Å²) < 4.78 is 5.79. The van der Waals surface area contributed by atoms with Crippen LogP contribution < -0.4 is 9.64 Å². The molecule has 0 N–H and O–H groups in total. The molecule has 3 aromatic rings. The van der Waals surface area contributed by atoms with Crippen molar-refractivity contribution in [3.8, 4) is 16.5 Å². The lowest BCUT2D eigenvalue weighted by Gasteiger charge is -2.33. The van der Waals surface area contributed by atoms with Crippen LogP contribution in [0, 0.1) is 0 Å². The van der Waals surface area contributed by atoms with Gasteiger partial charge in [-0.05, 0) is 25.1 Å². The van der Waals surface area contributed by atoms with E-state index in [4.69, 9.17) is 16.3 Å². The number of thiazole rings is 1. The Morgan fingerprint density at radius 1 is 1.40 bits per heavy atom. The fraction of sp³-hybridized carbons (Fsp3) is 0.176. The molecule has 3 heterocycles. The predicted octanol–water partition coefficient (Wildman–Crippen LogP) is 3.68. The summed E-state index contributed by atoms with van der Waals surface area (Å²) in [5.41, 5.74) is 1.67. The summed E-state index contributed by atoms with van der Waals surface area (Å²) in [7, 11) is 0. The number of anilines is 1. The number of aromatic nitrogens is 3. The number of nitrogens with zero attached hydrogens (tertiary/aromatic N) is 4. The van der Waals surface area contributed by atoms with Crippen LogP contribution in [0.4, 0.5) is 5.69 Å². The maximum absolute atomic E-state index is 13.0. The van der Waals surface area contributed by atoms with Gasteiger partial charge in [0.15, 0.2) is 0 Å². The van der Waals surface area contributed by atoms with E-state index in [2.05, 4.69) is 15.0 Å². The summed E-state index contributed by atoms with van der Waals surface area (Å²) in [5.74, 6) is 0.450. The summed E-state index contributed by atoms with van der Waals surface area (Å²) >= 11 is 7.45. The van der Waals surface area contributed by atoms with Crippen LogP contribution in [0.5, 0.6) is 5.75 Å². The van der Waals surface area contributed by atoms with Gasteiger partial charge in [-0.3, -0.25) is 19.7 Å². The topological polar surface area (TPSA) is 68.2 Å². The molecule has 0 radical (unpaired) electrons. The molecule has 0 aliphatic carbocycles. The van der Waals surface area contributed by atoms with Gasteiger partial charge in [-0.25, -0.2) is 4.98 Å². The third-order valence-corrected chi connectivity index (χ3v) is 4.83. The van der Waals surface area contributed by atoms with Gasteiger partial charge in [-0.2, -0.15) is 0 Å². The SMILES string of the molecule is CC1CN(C(=O)c2csc(-c3cnccn3)n2)c2cc(Cl)ccc2O1. The average Bonchev–Trinajstić information content (AvgIpc) is 3.12. The third-order valence-electron chi connectivity index (χ3n) is 3.73. The van der Waals surface area contributed by atoms with Crippen molar-refractivity contribution in [1.82, 2.24) is 15.0 Å². The Morgan fingerprint density at radius 3 is 3.08 bits per heavy atom. The first kappa shape index (κ1) is 16.0. The minimum absolute atomic E-state index is 0.115. The molecule has 0 saturated carbocycles. The van der Waals surface area contributed by atoms with Crippen LogP contribution in [-0.2, 0) is 0 Å². The first-order valence-electron chi connectivity index (χ1n) is 7.62. The van der Waals surface area contributed by atoms with Gasteiger partial charge in [-0.1, -0.05) is 11.6 Å². The lowest BCUT2D eigenvalue weighted by molar-refractivity contribution is 0.0957. The van der Waals surface area contributed by atoms with E-state index < -0.39 is 0 Å². The van der Waals surface area contributed by atoms with E-state index in [1.165, 1.54) is 11.3 Å². The first-order chi connectivity index (χ1) is 12.1. The van der Waals surface area contributed by atoms with Gasteiger partial charge in [0.1, 0.15) is 28.2 Å². The molecule has 0 fully saturated rings. The van der Waals surface area contributed by atoms with Gasteiger partial charge < -0.3 is 4.74 Å². The number of fused-ring (bicyclic) bond motifs is 1. The third kappa shape index (κ3) is 3.08. The molecule has 6 nitrogen and oxygen atoms in total. The monoisotopic (exact) mass is 372 g/mol. The number of hydrogen-bond acceptors (Lipinski definition) is 6. The van der Waals surface area contributed by atoms with Gasteiger partial charge in [0.2, 0.25) is 0 Å². The van der Waals surface area contributed by atoms with Gasteiger partial charge in [-0.15, -0.1) is 11.3 Å². The molecule has 1 aliphatic rings. The molecule has 1 unspecified atom stereocenters. The molecule has 2 aromatic heterocycles. The Bertz CT molecular complexity index is 931. The summed E-state index contributed by atoms with van der Waals surface area (Å²) in [4.78, 5) is 27.3. The fourth-order valence-corrected chi connectivity index (χ4v) is 3.56. The summed E-state index contributed by atoms with van der Waals surface area (Å²) in [6, 6.07) is 5.26. The van der Waals surface area contributed by atoms with Crippen LogP contribution in [0.1, 0.15) is 17.4 Å². The quantitative estimate of drug-likeness (QED) is 0.686. The molecule has 1 atom stereocenters. The van der Waals surface area contributed by atoms with E-state index in [1.807, 2.05) is 6.92 Å². The molecule has 0 bridgehead atoms. The van der Waals surface area contributed by atoms with Crippen LogP contribution in [0.2, 0.25) is 5.02 Å². The number of halogens is 1. The second kappa shape index (κ2) is 6.42. The smallest absolute Gasteiger partial charge is 0.278 e. The van der Waals surface area contributed by atoms with E-state index in [-0.39, 0.29) is 12.0 Å². The van der Waals surface area contributed by atoms with Gasteiger partial charge in [0.25, 0.3) is 5.91 Å². The van der Waals surface area contributed by atoms with Crippen LogP contribution in [0.3, 0.4) is 0 Å². The summed E-state index contributed by atoms with van der Waals surface area (Å²) in [6.07, 6.45) is 4.70. The highest BCUT2D eigenvalue weighted by Gasteiger charge is 2.30. The highest BCUT2D eigenvalue weighted by molar-refractivity contribution is 7.13. The number of hydrogen-bond donors (Lipinski definition) is 0. The highest BCUT2D eigenvalue weighted by atomic mass is 35.5. The Balaban J connectivity index is 1.68. The highest BCUT2D eigenvalue weighted by Crippen LogP contribution is 2.36. The molecular weight excluding hydrogens is 360 g/mol. The van der Waals surface area contributed by atoms with Gasteiger partial charge in [0.05, 0.1) is 18.4 Å². The van der Waals surface area contributed by atoms with Crippen LogP contribution in [0.25, 0.3) is 10.7 Å². The molecule has 1 aromatic carbocycles. The van der Waals surface area contributed by atoms with Crippen molar-refractivity contribution in [1.29, 1.82) is 0 Å². The van der Waals surface area contributed by atoms with Crippen LogP contribution in [-0.4, -0.2) is 33.5 Å². The minimum atomic E-state index is -0.190. The Hall–Kier alpha value is -2.51. The zero-order chi connectivity index (χ0) is 17.4. The first-order valence-corrected chi connectivity index (χ1v) is 8.87. The summed E-state index contributed by atoms with van der Waals surface area (Å²) in [5, 5.41) is 2.94. The number of carbonyl (C=O) groups excluding carboxylic acids is 1.